The summed E-state index contributed by atoms with van der Waals surface area (Å²) >= 11 is 1.70. The fraction of sp³-hybridized carbons (Fsp3) is 0.800. The molecule has 0 aliphatic carbocycles. The summed E-state index contributed by atoms with van der Waals surface area (Å²) in [7, 11) is 1.69. The Balaban J connectivity index is 1.61. The lowest BCUT2D eigenvalue weighted by Crippen LogP contribution is -2.63. The Labute approximate surface area is 141 Å². The molecular weight excluding hydrogens is 314 g/mol. The molecule has 8 heteroatoms. The molecule has 3 aliphatic rings. The largest absolute Gasteiger partial charge is 0.336 e. The van der Waals surface area contributed by atoms with E-state index in [1.165, 1.54) is 37.3 Å². The molecule has 3 aliphatic heterocycles. The Morgan fingerprint density at radius 3 is 2.70 bits per heavy atom. The third-order valence-corrected chi connectivity index (χ3v) is 5.74. The zero-order chi connectivity index (χ0) is 16.4. The van der Waals surface area contributed by atoms with Gasteiger partial charge in [-0.3, -0.25) is 10.1 Å². The molecule has 0 aromatic carbocycles. The van der Waals surface area contributed by atoms with Crippen molar-refractivity contribution in [2.45, 2.75) is 38.4 Å². The van der Waals surface area contributed by atoms with Gasteiger partial charge in [0.1, 0.15) is 0 Å². The van der Waals surface area contributed by atoms with Crippen LogP contribution in [0.1, 0.15) is 26.2 Å². The molecule has 2 fully saturated rings. The lowest BCUT2D eigenvalue weighted by atomic mass is 10.1. The highest BCUT2D eigenvalue weighted by Gasteiger charge is 2.47. The maximum atomic E-state index is 12.2. The number of amides is 3. The van der Waals surface area contributed by atoms with Crippen LogP contribution in [-0.2, 0) is 4.79 Å². The summed E-state index contributed by atoms with van der Waals surface area (Å²) in [6.07, 6.45) is 3.54. The number of carbonyl (C=O) groups is 2. The second-order valence-corrected chi connectivity index (χ2v) is 7.27. The number of urea groups is 1. The summed E-state index contributed by atoms with van der Waals surface area (Å²) in [6, 6.07) is -0.754. The molecular formula is C15H25N5O2S. The van der Waals surface area contributed by atoms with Gasteiger partial charge in [-0.25, -0.2) is 9.79 Å². The van der Waals surface area contributed by atoms with Crippen molar-refractivity contribution in [1.29, 1.82) is 0 Å². The molecule has 0 spiro atoms. The Morgan fingerprint density at radius 1 is 1.26 bits per heavy atom. The molecule has 0 saturated carbocycles. The summed E-state index contributed by atoms with van der Waals surface area (Å²) in [6.45, 7) is 6.17. The number of hydrogen-bond donors (Lipinski definition) is 1. The Kier molecular flexibility index (Phi) is 5.11. The van der Waals surface area contributed by atoms with Gasteiger partial charge in [-0.15, -0.1) is 0 Å². The molecule has 0 aromatic heterocycles. The predicted octanol–water partition coefficient (Wildman–Crippen LogP) is 0.773. The monoisotopic (exact) mass is 339 g/mol. The topological polar surface area (TPSA) is 68.2 Å². The lowest BCUT2D eigenvalue weighted by molar-refractivity contribution is -0.127. The van der Waals surface area contributed by atoms with Crippen LogP contribution in [-0.4, -0.2) is 83.0 Å². The molecule has 3 amide bonds. The van der Waals surface area contributed by atoms with Crippen LogP contribution in [0.25, 0.3) is 0 Å². The van der Waals surface area contributed by atoms with Crippen LogP contribution in [0.15, 0.2) is 4.99 Å². The Bertz CT molecular complexity index is 506. The summed E-state index contributed by atoms with van der Waals surface area (Å²) in [4.78, 5) is 34.6. The fourth-order valence-electron chi connectivity index (χ4n) is 3.40. The zero-order valence-corrected chi connectivity index (χ0v) is 14.6. The van der Waals surface area contributed by atoms with Crippen LogP contribution in [0.5, 0.6) is 0 Å². The van der Waals surface area contributed by atoms with Crippen molar-refractivity contribution in [2.24, 2.45) is 4.99 Å². The third kappa shape index (κ3) is 3.33. The number of rotatable bonds is 4. The average molecular weight is 339 g/mol. The number of hydrogen-bond acceptors (Lipinski definition) is 6. The molecule has 0 bridgehead atoms. The molecule has 1 N–H and O–H groups in total. The standard InChI is InChI=1S/C15H25N5O2S/c1-3-20-11-12(18(2)14(22)17-13(11)21)16-15(20)23-10-9-19-7-5-4-6-8-19/h11-12H,3-10H2,1-2H3,(H,17,21,22). The van der Waals surface area contributed by atoms with E-state index in [2.05, 4.69) is 15.2 Å². The number of nitrogens with zero attached hydrogens (tertiary/aromatic N) is 4. The molecule has 128 valence electrons. The summed E-state index contributed by atoms with van der Waals surface area (Å²) < 4.78 is 0. The normalized spacial score (nSPS) is 28.7. The number of carbonyl (C=O) groups excluding carboxylic acids is 2. The smallest absolute Gasteiger partial charge is 0.325 e. The molecule has 23 heavy (non-hydrogen) atoms. The van der Waals surface area contributed by atoms with Crippen LogP contribution < -0.4 is 5.32 Å². The van der Waals surface area contributed by atoms with Gasteiger partial charge in [0, 0.05) is 25.9 Å². The van der Waals surface area contributed by atoms with Gasteiger partial charge >= 0.3 is 6.03 Å². The van der Waals surface area contributed by atoms with E-state index in [0.29, 0.717) is 6.54 Å². The van der Waals surface area contributed by atoms with Crippen LogP contribution in [0.2, 0.25) is 0 Å². The highest BCUT2D eigenvalue weighted by atomic mass is 32.2. The first-order valence-corrected chi connectivity index (χ1v) is 9.37. The minimum atomic E-state index is -0.395. The van der Waals surface area contributed by atoms with Gasteiger partial charge in [-0.05, 0) is 32.9 Å². The number of imide groups is 1. The minimum Gasteiger partial charge on any atom is -0.336 e. The second kappa shape index (κ2) is 7.09. The van der Waals surface area contributed by atoms with Crippen LogP contribution in [0.3, 0.4) is 0 Å². The van der Waals surface area contributed by atoms with Crippen molar-refractivity contribution in [3.8, 4) is 0 Å². The lowest BCUT2D eigenvalue weighted by Gasteiger charge is -2.35. The molecule has 7 nitrogen and oxygen atoms in total. The Hall–Kier alpha value is -1.28. The molecule has 0 aromatic rings. The summed E-state index contributed by atoms with van der Waals surface area (Å²) in [5, 5.41) is 3.29. The highest BCUT2D eigenvalue weighted by Crippen LogP contribution is 2.28. The molecule has 3 rings (SSSR count). The van der Waals surface area contributed by atoms with E-state index in [9.17, 15) is 9.59 Å². The van der Waals surface area contributed by atoms with Crippen molar-refractivity contribution in [2.75, 3.05) is 39.0 Å². The number of likely N-dealkylation sites (N-methyl/N-ethyl adjacent to an activating group) is 2. The van der Waals surface area contributed by atoms with E-state index in [1.807, 2.05) is 11.8 Å². The number of amidine groups is 1. The van der Waals surface area contributed by atoms with Crippen molar-refractivity contribution in [3.05, 3.63) is 0 Å². The van der Waals surface area contributed by atoms with Gasteiger partial charge in [0.25, 0.3) is 5.91 Å². The molecule has 2 unspecified atom stereocenters. The van der Waals surface area contributed by atoms with Gasteiger partial charge in [0.15, 0.2) is 17.4 Å². The first kappa shape index (κ1) is 16.6. The maximum Gasteiger partial charge on any atom is 0.325 e. The van der Waals surface area contributed by atoms with E-state index >= 15 is 0 Å². The van der Waals surface area contributed by atoms with E-state index in [-0.39, 0.29) is 18.0 Å². The molecule has 2 saturated heterocycles. The molecule has 2 atom stereocenters. The number of likely N-dealkylation sites (tertiary alicyclic amines) is 1. The first-order chi connectivity index (χ1) is 11.1. The van der Waals surface area contributed by atoms with E-state index in [4.69, 9.17) is 0 Å². The van der Waals surface area contributed by atoms with Crippen molar-refractivity contribution in [3.63, 3.8) is 0 Å². The number of nitrogens with one attached hydrogen (secondary N) is 1. The van der Waals surface area contributed by atoms with Gasteiger partial charge in [-0.1, -0.05) is 18.2 Å². The quantitative estimate of drug-likeness (QED) is 0.819. The summed E-state index contributed by atoms with van der Waals surface area (Å²) in [5.41, 5.74) is 0. The molecule has 3 heterocycles. The maximum absolute atomic E-state index is 12.2. The SMILES string of the molecule is CCN1C(SCCN2CCCCC2)=NC2C1C(=O)NC(=O)N2C. The number of aliphatic imine (C=N–C) groups is 1. The van der Waals surface area contributed by atoms with E-state index < -0.39 is 6.17 Å². The third-order valence-electron chi connectivity index (χ3n) is 4.75. The van der Waals surface area contributed by atoms with Gasteiger partial charge in [0.2, 0.25) is 0 Å². The average Bonchev–Trinajstić information content (AvgIpc) is 2.93. The van der Waals surface area contributed by atoms with Crippen molar-refractivity contribution < 1.29 is 9.59 Å². The fourth-order valence-corrected chi connectivity index (χ4v) is 4.53. The van der Waals surface area contributed by atoms with Crippen molar-refractivity contribution in [1.82, 2.24) is 20.0 Å². The second-order valence-electron chi connectivity index (χ2n) is 6.21. The highest BCUT2D eigenvalue weighted by molar-refractivity contribution is 8.13. The molecule has 0 radical (unpaired) electrons. The van der Waals surface area contributed by atoms with Gasteiger partial charge in [0.05, 0.1) is 0 Å². The van der Waals surface area contributed by atoms with Gasteiger partial charge in [-0.2, -0.15) is 0 Å². The van der Waals surface area contributed by atoms with Gasteiger partial charge < -0.3 is 14.7 Å². The number of fused-ring (bicyclic) bond motifs is 1. The Morgan fingerprint density at radius 2 is 2.00 bits per heavy atom. The number of thioether (sulfide) groups is 1. The van der Waals surface area contributed by atoms with Crippen LogP contribution in [0, 0.1) is 0 Å². The zero-order valence-electron chi connectivity index (χ0n) is 13.8. The first-order valence-electron chi connectivity index (χ1n) is 8.39. The van der Waals surface area contributed by atoms with E-state index in [0.717, 1.165) is 17.5 Å². The van der Waals surface area contributed by atoms with Crippen LogP contribution >= 0.6 is 11.8 Å². The summed E-state index contributed by atoms with van der Waals surface area (Å²) in [5.74, 6) is 0.726. The predicted molar refractivity (Wildman–Crippen MR) is 91.4 cm³/mol. The minimum absolute atomic E-state index is 0.240. The van der Waals surface area contributed by atoms with Crippen LogP contribution in [0.4, 0.5) is 4.79 Å². The number of piperidine rings is 1. The van der Waals surface area contributed by atoms with E-state index in [1.54, 1.807) is 18.8 Å². The van der Waals surface area contributed by atoms with Crippen molar-refractivity contribution >= 4 is 28.9 Å².